The number of tetrazole rings is 1. The zero-order valence-electron chi connectivity index (χ0n) is 21.5. The molecular formula is C27H38N6O2. The minimum Gasteiger partial charge on any atom is -0.376 e. The van der Waals surface area contributed by atoms with Crippen LogP contribution in [-0.2, 0) is 17.8 Å². The lowest BCUT2D eigenvalue weighted by atomic mass is 9.97. The van der Waals surface area contributed by atoms with Crippen molar-refractivity contribution >= 4 is 10.9 Å². The van der Waals surface area contributed by atoms with E-state index in [1.807, 2.05) is 4.68 Å². The normalized spacial score (nSPS) is 20.0. The Hall–Kier alpha value is -2.58. The number of fused-ring (bicyclic) bond motifs is 1. The van der Waals surface area contributed by atoms with Crippen molar-refractivity contribution in [3.8, 4) is 0 Å². The Kier molecular flexibility index (Phi) is 7.02. The third-order valence-electron chi connectivity index (χ3n) is 7.73. The highest BCUT2D eigenvalue weighted by Crippen LogP contribution is 2.36. The highest BCUT2D eigenvalue weighted by molar-refractivity contribution is 5.82. The van der Waals surface area contributed by atoms with Crippen molar-refractivity contribution < 1.29 is 4.74 Å². The first kappa shape index (κ1) is 24.1. The summed E-state index contributed by atoms with van der Waals surface area (Å²) >= 11 is 0. The van der Waals surface area contributed by atoms with Crippen LogP contribution in [0.3, 0.4) is 0 Å². The van der Waals surface area contributed by atoms with Crippen molar-refractivity contribution in [2.24, 2.45) is 5.92 Å². The maximum absolute atomic E-state index is 13.3. The van der Waals surface area contributed by atoms with E-state index in [-0.39, 0.29) is 23.6 Å². The zero-order valence-corrected chi connectivity index (χ0v) is 21.5. The van der Waals surface area contributed by atoms with Gasteiger partial charge in [0.15, 0.2) is 5.82 Å². The average molecular weight is 479 g/mol. The van der Waals surface area contributed by atoms with E-state index in [2.05, 4.69) is 71.3 Å². The Balaban J connectivity index is 1.52. The van der Waals surface area contributed by atoms with Crippen molar-refractivity contribution in [1.82, 2.24) is 30.1 Å². The lowest BCUT2D eigenvalue weighted by Gasteiger charge is -2.38. The summed E-state index contributed by atoms with van der Waals surface area (Å²) in [7, 11) is 0. The molecule has 188 valence electrons. The molecule has 2 aliphatic rings. The van der Waals surface area contributed by atoms with E-state index >= 15 is 0 Å². The number of benzene rings is 1. The molecule has 2 fully saturated rings. The summed E-state index contributed by atoms with van der Waals surface area (Å²) in [6.07, 6.45) is 7.02. The van der Waals surface area contributed by atoms with E-state index in [0.29, 0.717) is 19.1 Å². The Morgan fingerprint density at radius 3 is 2.66 bits per heavy atom. The summed E-state index contributed by atoms with van der Waals surface area (Å²) in [5.74, 6) is 1.17. The molecule has 5 rings (SSSR count). The minimum absolute atomic E-state index is 0.00564. The number of rotatable bonds is 8. The molecule has 0 unspecified atom stereocenters. The van der Waals surface area contributed by atoms with Crippen LogP contribution < -0.4 is 5.56 Å². The smallest absolute Gasteiger partial charge is 0.252 e. The molecule has 1 aliphatic carbocycles. The van der Waals surface area contributed by atoms with Gasteiger partial charge in [0.2, 0.25) is 0 Å². The fourth-order valence-electron chi connectivity index (χ4n) is 6.10. The molecule has 1 saturated heterocycles. The summed E-state index contributed by atoms with van der Waals surface area (Å²) < 4.78 is 7.82. The van der Waals surface area contributed by atoms with Gasteiger partial charge in [-0.2, -0.15) is 0 Å². The molecule has 8 nitrogen and oxygen atoms in total. The van der Waals surface area contributed by atoms with Gasteiger partial charge in [-0.15, -0.1) is 5.10 Å². The van der Waals surface area contributed by atoms with Crippen LogP contribution in [0.1, 0.15) is 80.9 Å². The van der Waals surface area contributed by atoms with E-state index in [1.54, 1.807) is 0 Å². The van der Waals surface area contributed by atoms with Crippen molar-refractivity contribution in [3.63, 3.8) is 0 Å². The molecule has 2 atom stereocenters. The summed E-state index contributed by atoms with van der Waals surface area (Å²) in [6.45, 7) is 10.7. The lowest BCUT2D eigenvalue weighted by Crippen LogP contribution is -2.41. The second-order valence-electron chi connectivity index (χ2n) is 10.8. The predicted octanol–water partition coefficient (Wildman–Crippen LogP) is 4.45. The number of aromatic nitrogens is 5. The highest BCUT2D eigenvalue weighted by Gasteiger charge is 2.36. The van der Waals surface area contributed by atoms with Crippen molar-refractivity contribution in [2.75, 3.05) is 6.61 Å². The second-order valence-corrected chi connectivity index (χ2v) is 10.8. The van der Waals surface area contributed by atoms with Gasteiger partial charge >= 0.3 is 0 Å². The monoisotopic (exact) mass is 478 g/mol. The molecule has 1 aromatic carbocycles. The van der Waals surface area contributed by atoms with Crippen LogP contribution in [0.5, 0.6) is 0 Å². The average Bonchev–Trinajstić information content (AvgIpc) is 3.58. The lowest BCUT2D eigenvalue weighted by molar-refractivity contribution is 0.0718. The Morgan fingerprint density at radius 1 is 1.14 bits per heavy atom. The maximum Gasteiger partial charge on any atom is 0.252 e. The van der Waals surface area contributed by atoms with E-state index < -0.39 is 0 Å². The van der Waals surface area contributed by atoms with Gasteiger partial charge in [0.25, 0.3) is 5.56 Å². The van der Waals surface area contributed by atoms with Crippen LogP contribution in [-0.4, -0.2) is 48.8 Å². The van der Waals surface area contributed by atoms with Crippen LogP contribution in [0, 0.1) is 19.8 Å². The predicted molar refractivity (Wildman–Crippen MR) is 136 cm³/mol. The number of aryl methyl sites for hydroxylation is 2. The van der Waals surface area contributed by atoms with Crippen LogP contribution in [0.2, 0.25) is 0 Å². The molecule has 1 saturated carbocycles. The second kappa shape index (κ2) is 10.2. The van der Waals surface area contributed by atoms with Gasteiger partial charge in [-0.25, -0.2) is 4.68 Å². The molecule has 3 aromatic rings. The largest absolute Gasteiger partial charge is 0.376 e. The number of pyridine rings is 1. The van der Waals surface area contributed by atoms with Crippen LogP contribution in [0.25, 0.3) is 10.9 Å². The number of hydrogen-bond donors (Lipinski definition) is 1. The van der Waals surface area contributed by atoms with Crippen molar-refractivity contribution in [3.05, 3.63) is 51.1 Å². The first-order valence-corrected chi connectivity index (χ1v) is 13.2. The van der Waals surface area contributed by atoms with Crippen LogP contribution >= 0.6 is 0 Å². The molecule has 0 amide bonds. The molecule has 3 heterocycles. The Bertz CT molecular complexity index is 1220. The quantitative estimate of drug-likeness (QED) is 0.514. The first-order chi connectivity index (χ1) is 16.9. The van der Waals surface area contributed by atoms with E-state index in [1.165, 1.54) is 18.4 Å². The number of ether oxygens (including phenoxy) is 1. The summed E-state index contributed by atoms with van der Waals surface area (Å²) in [5, 5.41) is 14.1. The number of aromatic amines is 1. The Morgan fingerprint density at radius 2 is 1.94 bits per heavy atom. The molecule has 0 radical (unpaired) electrons. The molecule has 1 aliphatic heterocycles. The van der Waals surface area contributed by atoms with E-state index in [0.717, 1.165) is 60.1 Å². The van der Waals surface area contributed by atoms with Crippen molar-refractivity contribution in [2.45, 2.75) is 97.5 Å². The fraction of sp³-hybridized carbons (Fsp3) is 0.630. The third kappa shape index (κ3) is 5.05. The topological polar surface area (TPSA) is 88.9 Å². The number of hydrogen-bond acceptors (Lipinski definition) is 6. The summed E-state index contributed by atoms with van der Waals surface area (Å²) in [5.41, 5.74) is 4.03. The van der Waals surface area contributed by atoms with E-state index in [9.17, 15) is 4.79 Å². The van der Waals surface area contributed by atoms with E-state index in [4.69, 9.17) is 4.74 Å². The van der Waals surface area contributed by atoms with Gasteiger partial charge in [0.05, 0.1) is 24.2 Å². The highest BCUT2D eigenvalue weighted by atomic mass is 16.5. The molecule has 2 aromatic heterocycles. The van der Waals surface area contributed by atoms with Gasteiger partial charge < -0.3 is 9.72 Å². The molecule has 0 bridgehead atoms. The number of nitrogens with zero attached hydrogens (tertiary/aromatic N) is 5. The molecule has 35 heavy (non-hydrogen) atoms. The van der Waals surface area contributed by atoms with Gasteiger partial charge in [0.1, 0.15) is 0 Å². The molecular weight excluding hydrogens is 440 g/mol. The summed E-state index contributed by atoms with van der Waals surface area (Å²) in [4.78, 5) is 18.9. The zero-order chi connectivity index (χ0) is 24.5. The van der Waals surface area contributed by atoms with Crippen molar-refractivity contribution in [1.29, 1.82) is 0 Å². The minimum atomic E-state index is -0.00564. The van der Waals surface area contributed by atoms with Crippen LogP contribution in [0.15, 0.2) is 23.0 Å². The number of H-pyrrole nitrogens is 1. The fourth-order valence-corrected chi connectivity index (χ4v) is 6.10. The first-order valence-electron chi connectivity index (χ1n) is 13.2. The van der Waals surface area contributed by atoms with Gasteiger partial charge in [0, 0.05) is 24.8 Å². The molecule has 8 heteroatoms. The summed E-state index contributed by atoms with van der Waals surface area (Å²) in [6, 6.07) is 6.78. The standard InChI is InChI=1S/C27H38N6O2/c1-17(2)25(26-29-30-31-33(26)16-23-10-7-11-35-23)32(22-8-5-6-9-22)15-21-14-20-13-18(3)12-19(4)24(20)28-27(21)34/h12-14,17,22-23,25H,5-11,15-16H2,1-4H3,(H,28,34)/t23-,25+/m0/s1. The maximum atomic E-state index is 13.3. The Labute approximate surface area is 207 Å². The van der Waals surface area contributed by atoms with Gasteiger partial charge in [-0.1, -0.05) is 38.3 Å². The molecule has 1 N–H and O–H groups in total. The van der Waals surface area contributed by atoms with Gasteiger partial charge in [-0.05, 0) is 79.0 Å². The third-order valence-corrected chi connectivity index (χ3v) is 7.73. The molecule has 0 spiro atoms. The SMILES string of the molecule is Cc1cc(C)c2[nH]c(=O)c(CN(C3CCCC3)[C@@H](c3nnnn3C[C@@H]3CCCO3)C(C)C)cc2c1. The van der Waals surface area contributed by atoms with Crippen LogP contribution in [0.4, 0.5) is 0 Å². The number of nitrogens with one attached hydrogen (secondary N) is 1. The van der Waals surface area contributed by atoms with Gasteiger partial charge in [-0.3, -0.25) is 9.69 Å².